The van der Waals surface area contributed by atoms with Crippen LogP contribution in [0.3, 0.4) is 0 Å². The maximum Gasteiger partial charge on any atom is 0.254 e. The summed E-state index contributed by atoms with van der Waals surface area (Å²) in [7, 11) is 0.509. The average Bonchev–Trinajstić information content (AvgIpc) is 2.35. The SMILES string of the molecule is CN(CC(=O)NC(C)(C)C)C(=O)c1ccc([S@](C)=O)cc1. The Balaban J connectivity index is 2.70. The molecule has 6 heteroatoms. The van der Waals surface area contributed by atoms with Crippen LogP contribution in [0.15, 0.2) is 29.2 Å². The zero-order valence-electron chi connectivity index (χ0n) is 13.1. The van der Waals surface area contributed by atoms with Crippen molar-refractivity contribution in [2.45, 2.75) is 31.2 Å². The third kappa shape index (κ3) is 5.67. The fourth-order valence-corrected chi connectivity index (χ4v) is 2.27. The molecular formula is C15H22N2O3S. The largest absolute Gasteiger partial charge is 0.350 e. The van der Waals surface area contributed by atoms with Crippen LogP contribution in [0.5, 0.6) is 0 Å². The van der Waals surface area contributed by atoms with Crippen LogP contribution in [0, 0.1) is 0 Å². The third-order valence-electron chi connectivity index (χ3n) is 2.68. The zero-order chi connectivity index (χ0) is 16.2. The van der Waals surface area contributed by atoms with Crippen LogP contribution in [-0.2, 0) is 15.6 Å². The van der Waals surface area contributed by atoms with Crippen LogP contribution in [0.2, 0.25) is 0 Å². The van der Waals surface area contributed by atoms with Gasteiger partial charge in [-0.05, 0) is 45.0 Å². The van der Waals surface area contributed by atoms with Gasteiger partial charge in [0.25, 0.3) is 5.91 Å². The van der Waals surface area contributed by atoms with Crippen LogP contribution >= 0.6 is 0 Å². The monoisotopic (exact) mass is 310 g/mol. The van der Waals surface area contributed by atoms with Gasteiger partial charge in [0, 0.05) is 40.1 Å². The number of carbonyl (C=O) groups excluding carboxylic acids is 2. The predicted octanol–water partition coefficient (Wildman–Crippen LogP) is 1.41. The Kier molecular flexibility index (Phi) is 5.66. The highest BCUT2D eigenvalue weighted by Crippen LogP contribution is 2.09. The fourth-order valence-electron chi connectivity index (χ4n) is 1.75. The van der Waals surface area contributed by atoms with Gasteiger partial charge in [0.05, 0.1) is 6.54 Å². The van der Waals surface area contributed by atoms with Gasteiger partial charge in [-0.25, -0.2) is 0 Å². The normalized spacial score (nSPS) is 12.6. The van der Waals surface area contributed by atoms with E-state index in [1.54, 1.807) is 37.6 Å². The van der Waals surface area contributed by atoms with E-state index in [1.807, 2.05) is 20.8 Å². The molecule has 0 aromatic heterocycles. The Hall–Kier alpha value is -1.69. The van der Waals surface area contributed by atoms with Gasteiger partial charge in [-0.15, -0.1) is 0 Å². The van der Waals surface area contributed by atoms with E-state index < -0.39 is 10.8 Å². The highest BCUT2D eigenvalue weighted by atomic mass is 32.2. The topological polar surface area (TPSA) is 66.5 Å². The molecule has 0 saturated carbocycles. The number of benzene rings is 1. The molecule has 0 bridgehead atoms. The Labute approximate surface area is 128 Å². The van der Waals surface area contributed by atoms with E-state index in [0.717, 1.165) is 0 Å². The minimum absolute atomic E-state index is 0.00242. The maximum absolute atomic E-state index is 12.2. The molecule has 1 atom stereocenters. The third-order valence-corrected chi connectivity index (χ3v) is 3.61. The molecule has 1 N–H and O–H groups in total. The summed E-state index contributed by atoms with van der Waals surface area (Å²) in [4.78, 5) is 26.0. The maximum atomic E-state index is 12.2. The standard InChI is InChI=1S/C15H22N2O3S/c1-15(2,3)16-13(18)10-17(4)14(19)11-6-8-12(9-7-11)21(5)20/h6-9H,10H2,1-5H3,(H,16,18)/t21-/m0/s1. The summed E-state index contributed by atoms with van der Waals surface area (Å²) >= 11 is 0. The molecule has 1 aromatic carbocycles. The van der Waals surface area contributed by atoms with E-state index >= 15 is 0 Å². The number of rotatable bonds is 4. The van der Waals surface area contributed by atoms with Crippen molar-refractivity contribution in [1.82, 2.24) is 10.2 Å². The first kappa shape index (κ1) is 17.4. The second kappa shape index (κ2) is 6.85. The molecule has 0 aliphatic heterocycles. The first-order valence-electron chi connectivity index (χ1n) is 6.60. The van der Waals surface area contributed by atoms with E-state index in [0.29, 0.717) is 10.5 Å². The lowest BCUT2D eigenvalue weighted by Gasteiger charge is -2.23. The lowest BCUT2D eigenvalue weighted by molar-refractivity contribution is -0.122. The molecule has 1 rings (SSSR count). The van der Waals surface area contributed by atoms with Crippen LogP contribution in [0.25, 0.3) is 0 Å². The fraction of sp³-hybridized carbons (Fsp3) is 0.467. The molecule has 5 nitrogen and oxygen atoms in total. The molecule has 1 aromatic rings. The van der Waals surface area contributed by atoms with Gasteiger partial charge in [0.2, 0.25) is 5.91 Å². The summed E-state index contributed by atoms with van der Waals surface area (Å²) in [6.45, 7) is 5.65. The second-order valence-corrected chi connectivity index (χ2v) is 7.32. The van der Waals surface area contributed by atoms with E-state index in [4.69, 9.17) is 0 Å². The molecule has 0 radical (unpaired) electrons. The zero-order valence-corrected chi connectivity index (χ0v) is 13.9. The van der Waals surface area contributed by atoms with Crippen molar-refractivity contribution in [3.8, 4) is 0 Å². The summed E-state index contributed by atoms with van der Waals surface area (Å²) in [5.41, 5.74) is 0.142. The molecule has 0 unspecified atom stereocenters. The highest BCUT2D eigenvalue weighted by Gasteiger charge is 2.18. The van der Waals surface area contributed by atoms with Crippen LogP contribution < -0.4 is 5.32 Å². The van der Waals surface area contributed by atoms with E-state index in [2.05, 4.69) is 5.32 Å². The van der Waals surface area contributed by atoms with E-state index in [9.17, 15) is 13.8 Å². The molecular weight excluding hydrogens is 288 g/mol. The Morgan fingerprint density at radius 2 is 1.71 bits per heavy atom. The Bertz CT molecular complexity index is 547. The van der Waals surface area contributed by atoms with Crippen molar-refractivity contribution in [2.24, 2.45) is 0 Å². The predicted molar refractivity (Wildman–Crippen MR) is 83.6 cm³/mol. The van der Waals surface area contributed by atoms with Gasteiger partial charge >= 0.3 is 0 Å². The van der Waals surface area contributed by atoms with Crippen molar-refractivity contribution in [1.29, 1.82) is 0 Å². The molecule has 0 saturated heterocycles. The minimum Gasteiger partial charge on any atom is -0.350 e. The van der Waals surface area contributed by atoms with Crippen molar-refractivity contribution >= 4 is 22.6 Å². The first-order valence-corrected chi connectivity index (χ1v) is 8.16. The summed E-state index contributed by atoms with van der Waals surface area (Å²) in [6, 6.07) is 6.56. The summed E-state index contributed by atoms with van der Waals surface area (Å²) < 4.78 is 11.3. The van der Waals surface area contributed by atoms with Crippen molar-refractivity contribution < 1.29 is 13.8 Å². The van der Waals surface area contributed by atoms with Crippen molar-refractivity contribution in [3.05, 3.63) is 29.8 Å². The molecule has 0 spiro atoms. The second-order valence-electron chi connectivity index (χ2n) is 5.94. The molecule has 0 aliphatic carbocycles. The number of amides is 2. The number of carbonyl (C=O) groups is 2. The lowest BCUT2D eigenvalue weighted by atomic mass is 10.1. The molecule has 0 aliphatic rings. The number of likely N-dealkylation sites (N-methyl/N-ethyl adjacent to an activating group) is 1. The minimum atomic E-state index is -1.07. The first-order chi connectivity index (χ1) is 9.60. The van der Waals surface area contributed by atoms with Gasteiger partial charge in [-0.3, -0.25) is 13.8 Å². The van der Waals surface area contributed by atoms with E-state index in [1.165, 1.54) is 4.90 Å². The smallest absolute Gasteiger partial charge is 0.254 e. The van der Waals surface area contributed by atoms with Gasteiger partial charge in [0.15, 0.2) is 0 Å². The molecule has 116 valence electrons. The van der Waals surface area contributed by atoms with Gasteiger partial charge < -0.3 is 10.2 Å². The van der Waals surface area contributed by atoms with Gasteiger partial charge in [-0.2, -0.15) is 0 Å². The molecule has 0 fully saturated rings. The summed E-state index contributed by atoms with van der Waals surface area (Å²) in [5, 5.41) is 2.81. The van der Waals surface area contributed by atoms with Crippen molar-refractivity contribution in [2.75, 3.05) is 19.8 Å². The molecule has 0 heterocycles. The van der Waals surface area contributed by atoms with Gasteiger partial charge in [-0.1, -0.05) is 0 Å². The van der Waals surface area contributed by atoms with Gasteiger partial charge in [0.1, 0.15) is 0 Å². The summed E-state index contributed by atoms with van der Waals surface area (Å²) in [6.07, 6.45) is 1.58. The van der Waals surface area contributed by atoms with Crippen molar-refractivity contribution in [3.63, 3.8) is 0 Å². The summed E-state index contributed by atoms with van der Waals surface area (Å²) in [5.74, 6) is -0.447. The van der Waals surface area contributed by atoms with Crippen LogP contribution in [0.1, 0.15) is 31.1 Å². The Morgan fingerprint density at radius 3 is 2.14 bits per heavy atom. The number of hydrogen-bond donors (Lipinski definition) is 1. The number of hydrogen-bond acceptors (Lipinski definition) is 3. The molecule has 21 heavy (non-hydrogen) atoms. The quantitative estimate of drug-likeness (QED) is 0.914. The molecule has 2 amide bonds. The average molecular weight is 310 g/mol. The van der Waals surface area contributed by atoms with E-state index in [-0.39, 0.29) is 23.9 Å². The Morgan fingerprint density at radius 1 is 1.19 bits per heavy atom. The highest BCUT2D eigenvalue weighted by molar-refractivity contribution is 7.84. The number of nitrogens with one attached hydrogen (secondary N) is 1. The lowest BCUT2D eigenvalue weighted by Crippen LogP contribution is -2.46. The van der Waals surface area contributed by atoms with Crippen LogP contribution in [-0.4, -0.2) is 46.3 Å². The van der Waals surface area contributed by atoms with Crippen LogP contribution in [0.4, 0.5) is 0 Å². The number of nitrogens with zero attached hydrogens (tertiary/aromatic N) is 1.